The minimum Gasteiger partial charge on any atom is -0.348 e. The van der Waals surface area contributed by atoms with Crippen LogP contribution in [0.2, 0.25) is 0 Å². The number of ether oxygens (including phenoxy) is 6. The molecule has 6 heteroatoms. The zero-order valence-corrected chi connectivity index (χ0v) is 15.1. The molecule has 3 fully saturated rings. The largest absolute Gasteiger partial charge is 0.348 e. The van der Waals surface area contributed by atoms with E-state index in [4.69, 9.17) is 28.4 Å². The van der Waals surface area contributed by atoms with Gasteiger partial charge < -0.3 is 28.4 Å². The van der Waals surface area contributed by atoms with E-state index in [-0.39, 0.29) is 24.4 Å². The second-order valence-electron chi connectivity index (χ2n) is 7.70. The molecular formula is C19H26O6. The van der Waals surface area contributed by atoms with Gasteiger partial charge in [0.15, 0.2) is 17.9 Å². The Bertz CT molecular complexity index is 601. The van der Waals surface area contributed by atoms with Gasteiger partial charge in [-0.05, 0) is 33.3 Å². The van der Waals surface area contributed by atoms with Gasteiger partial charge in [0.1, 0.15) is 24.4 Å². The third-order valence-electron chi connectivity index (χ3n) is 4.70. The smallest absolute Gasteiger partial charge is 0.187 e. The van der Waals surface area contributed by atoms with Crippen molar-refractivity contribution in [3.8, 4) is 0 Å². The van der Waals surface area contributed by atoms with E-state index < -0.39 is 17.9 Å². The van der Waals surface area contributed by atoms with Gasteiger partial charge in [0.25, 0.3) is 0 Å². The number of hydrogen-bond donors (Lipinski definition) is 0. The average Bonchev–Trinajstić information content (AvgIpc) is 3.17. The lowest BCUT2D eigenvalue weighted by Gasteiger charge is -2.27. The molecule has 0 aliphatic carbocycles. The Balaban J connectivity index is 1.47. The molecule has 3 aliphatic heterocycles. The highest BCUT2D eigenvalue weighted by atomic mass is 16.8. The summed E-state index contributed by atoms with van der Waals surface area (Å²) in [5.74, 6) is -1.28. The highest BCUT2D eigenvalue weighted by Gasteiger charge is 2.59. The van der Waals surface area contributed by atoms with Crippen molar-refractivity contribution in [1.29, 1.82) is 0 Å². The summed E-state index contributed by atoms with van der Waals surface area (Å²) >= 11 is 0. The van der Waals surface area contributed by atoms with E-state index in [1.165, 1.54) is 0 Å². The van der Waals surface area contributed by atoms with Crippen molar-refractivity contribution in [2.45, 2.75) is 76.6 Å². The standard InChI is InChI=1S/C19H26O6/c1-18(2)21-11-13(23-18)14-15-16(25-19(3,4)24-15)17(22-14)20-10-12-8-6-5-7-9-12/h5-9,13-17H,10-11H2,1-4H3/t13-,14+,15+,16+,17?/m1/s1. The fourth-order valence-electron chi connectivity index (χ4n) is 3.65. The van der Waals surface area contributed by atoms with Crippen molar-refractivity contribution < 1.29 is 28.4 Å². The molecule has 1 aromatic carbocycles. The Hall–Kier alpha value is -1.02. The Morgan fingerprint density at radius 2 is 1.64 bits per heavy atom. The van der Waals surface area contributed by atoms with E-state index in [0.29, 0.717) is 13.2 Å². The molecule has 5 atom stereocenters. The van der Waals surface area contributed by atoms with Gasteiger partial charge in [-0.1, -0.05) is 30.3 Å². The first-order valence-electron chi connectivity index (χ1n) is 8.81. The van der Waals surface area contributed by atoms with Gasteiger partial charge in [-0.3, -0.25) is 0 Å². The molecule has 0 aromatic heterocycles. The van der Waals surface area contributed by atoms with Crippen molar-refractivity contribution in [1.82, 2.24) is 0 Å². The Morgan fingerprint density at radius 1 is 0.920 bits per heavy atom. The van der Waals surface area contributed by atoms with Gasteiger partial charge in [-0.2, -0.15) is 0 Å². The van der Waals surface area contributed by atoms with Gasteiger partial charge >= 0.3 is 0 Å². The minimum atomic E-state index is -0.666. The molecule has 3 heterocycles. The van der Waals surface area contributed by atoms with Crippen LogP contribution in [0.5, 0.6) is 0 Å². The zero-order chi connectivity index (χ0) is 17.7. The second kappa shape index (κ2) is 6.30. The van der Waals surface area contributed by atoms with Crippen LogP contribution in [0.15, 0.2) is 30.3 Å². The van der Waals surface area contributed by atoms with Crippen molar-refractivity contribution >= 4 is 0 Å². The molecule has 0 N–H and O–H groups in total. The first kappa shape index (κ1) is 17.4. The van der Waals surface area contributed by atoms with Crippen LogP contribution in [-0.4, -0.2) is 48.9 Å². The summed E-state index contributed by atoms with van der Waals surface area (Å²) in [6.45, 7) is 8.55. The third kappa shape index (κ3) is 3.60. The van der Waals surface area contributed by atoms with Crippen LogP contribution in [0, 0.1) is 0 Å². The molecule has 1 unspecified atom stereocenters. The molecule has 4 rings (SSSR count). The lowest BCUT2D eigenvalue weighted by atomic mass is 10.1. The number of benzene rings is 1. The molecule has 0 spiro atoms. The van der Waals surface area contributed by atoms with Crippen LogP contribution in [-0.2, 0) is 35.0 Å². The number of hydrogen-bond acceptors (Lipinski definition) is 6. The number of rotatable bonds is 4. The predicted octanol–water partition coefficient (Wildman–Crippen LogP) is 2.60. The zero-order valence-electron chi connectivity index (χ0n) is 15.1. The van der Waals surface area contributed by atoms with Crippen molar-refractivity contribution in [2.75, 3.05) is 6.61 Å². The second-order valence-corrected chi connectivity index (χ2v) is 7.70. The summed E-state index contributed by atoms with van der Waals surface area (Å²) in [4.78, 5) is 0. The maximum Gasteiger partial charge on any atom is 0.187 e. The van der Waals surface area contributed by atoms with Gasteiger partial charge in [-0.15, -0.1) is 0 Å². The molecule has 0 amide bonds. The highest BCUT2D eigenvalue weighted by Crippen LogP contribution is 2.42. The summed E-state index contributed by atoms with van der Waals surface area (Å²) in [6, 6.07) is 10.0. The molecule has 0 bridgehead atoms. The molecule has 3 saturated heterocycles. The molecule has 0 radical (unpaired) electrons. The lowest BCUT2D eigenvalue weighted by molar-refractivity contribution is -0.250. The van der Waals surface area contributed by atoms with Crippen molar-refractivity contribution in [3.63, 3.8) is 0 Å². The topological polar surface area (TPSA) is 55.4 Å². The first-order chi connectivity index (χ1) is 11.8. The van der Waals surface area contributed by atoms with Crippen LogP contribution < -0.4 is 0 Å². The number of fused-ring (bicyclic) bond motifs is 1. The van der Waals surface area contributed by atoms with E-state index in [1.807, 2.05) is 58.0 Å². The normalized spacial score (nSPS) is 38.8. The summed E-state index contributed by atoms with van der Waals surface area (Å²) in [5.41, 5.74) is 1.09. The van der Waals surface area contributed by atoms with E-state index in [2.05, 4.69) is 0 Å². The van der Waals surface area contributed by atoms with Gasteiger partial charge in [-0.25, -0.2) is 0 Å². The maximum atomic E-state index is 6.14. The average molecular weight is 350 g/mol. The van der Waals surface area contributed by atoms with E-state index in [9.17, 15) is 0 Å². The Morgan fingerprint density at radius 3 is 2.32 bits per heavy atom. The fourth-order valence-corrected chi connectivity index (χ4v) is 3.65. The molecule has 138 valence electrons. The fraction of sp³-hybridized carbons (Fsp3) is 0.684. The molecule has 25 heavy (non-hydrogen) atoms. The molecule has 0 saturated carbocycles. The molecular weight excluding hydrogens is 324 g/mol. The molecule has 6 nitrogen and oxygen atoms in total. The first-order valence-corrected chi connectivity index (χ1v) is 8.81. The van der Waals surface area contributed by atoms with Crippen molar-refractivity contribution in [2.24, 2.45) is 0 Å². The maximum absolute atomic E-state index is 6.14. The van der Waals surface area contributed by atoms with E-state index in [0.717, 1.165) is 5.56 Å². The van der Waals surface area contributed by atoms with Gasteiger partial charge in [0.2, 0.25) is 0 Å². The predicted molar refractivity (Wildman–Crippen MR) is 88.6 cm³/mol. The van der Waals surface area contributed by atoms with Crippen LogP contribution in [0.25, 0.3) is 0 Å². The van der Waals surface area contributed by atoms with Crippen LogP contribution in [0.3, 0.4) is 0 Å². The summed E-state index contributed by atoms with van der Waals surface area (Å²) in [7, 11) is 0. The van der Waals surface area contributed by atoms with E-state index >= 15 is 0 Å². The summed E-state index contributed by atoms with van der Waals surface area (Å²) < 4.78 is 36.0. The molecule has 1 aromatic rings. The molecule has 3 aliphatic rings. The quantitative estimate of drug-likeness (QED) is 0.832. The monoisotopic (exact) mass is 350 g/mol. The van der Waals surface area contributed by atoms with Crippen LogP contribution >= 0.6 is 0 Å². The summed E-state index contributed by atoms with van der Waals surface area (Å²) in [6.07, 6.45) is -1.50. The SMILES string of the molecule is CC1(C)O[C@H]2[C@H]([C@H]3COC(C)(C)O3)OC(OCc3ccccc3)[C@H]2O1. The van der Waals surface area contributed by atoms with E-state index in [1.54, 1.807) is 0 Å². The highest BCUT2D eigenvalue weighted by molar-refractivity contribution is 5.13. The summed E-state index contributed by atoms with van der Waals surface area (Å²) in [5, 5.41) is 0. The minimum absolute atomic E-state index is 0.203. The van der Waals surface area contributed by atoms with Gasteiger partial charge in [0.05, 0.1) is 13.2 Å². The van der Waals surface area contributed by atoms with Gasteiger partial charge in [0, 0.05) is 0 Å². The van der Waals surface area contributed by atoms with Crippen LogP contribution in [0.4, 0.5) is 0 Å². The lowest BCUT2D eigenvalue weighted by Crippen LogP contribution is -2.40. The van der Waals surface area contributed by atoms with Crippen LogP contribution in [0.1, 0.15) is 33.3 Å². The third-order valence-corrected chi connectivity index (χ3v) is 4.70. The Labute approximate surface area is 148 Å². The van der Waals surface area contributed by atoms with Crippen molar-refractivity contribution in [3.05, 3.63) is 35.9 Å². The Kier molecular flexibility index (Phi) is 4.38.